The van der Waals surface area contributed by atoms with Crippen LogP contribution in [-0.2, 0) is 4.79 Å². The van der Waals surface area contributed by atoms with Crippen molar-refractivity contribution in [2.75, 3.05) is 26.3 Å². The van der Waals surface area contributed by atoms with E-state index in [1.165, 1.54) is 0 Å². The molecule has 1 aromatic carbocycles. The summed E-state index contributed by atoms with van der Waals surface area (Å²) >= 11 is 0. The van der Waals surface area contributed by atoms with Crippen LogP contribution in [0.5, 0.6) is 11.5 Å². The van der Waals surface area contributed by atoms with Crippen LogP contribution in [0.3, 0.4) is 0 Å². The van der Waals surface area contributed by atoms with Crippen LogP contribution in [-0.4, -0.2) is 43.2 Å². The van der Waals surface area contributed by atoms with Gasteiger partial charge in [-0.3, -0.25) is 4.79 Å². The predicted octanol–water partition coefficient (Wildman–Crippen LogP) is 1.41. The van der Waals surface area contributed by atoms with E-state index in [0.717, 1.165) is 25.9 Å². The zero-order valence-electron chi connectivity index (χ0n) is 11.9. The van der Waals surface area contributed by atoms with Crippen molar-refractivity contribution in [1.29, 1.82) is 0 Å². The van der Waals surface area contributed by atoms with Gasteiger partial charge in [-0.2, -0.15) is 0 Å². The van der Waals surface area contributed by atoms with Gasteiger partial charge in [-0.15, -0.1) is 0 Å². The summed E-state index contributed by atoms with van der Waals surface area (Å²) in [5, 5.41) is 0. The fraction of sp³-hybridized carbons (Fsp3) is 0.533. The van der Waals surface area contributed by atoms with Gasteiger partial charge in [0.15, 0.2) is 18.1 Å². The minimum Gasteiger partial charge on any atom is -0.490 e. The second-order valence-corrected chi connectivity index (χ2v) is 4.89. The summed E-state index contributed by atoms with van der Waals surface area (Å²) in [6, 6.07) is 7.61. The molecule has 1 aromatic rings. The van der Waals surface area contributed by atoms with Gasteiger partial charge in [-0.1, -0.05) is 12.1 Å². The van der Waals surface area contributed by atoms with Gasteiger partial charge in [0.05, 0.1) is 6.61 Å². The Labute approximate surface area is 119 Å². The summed E-state index contributed by atoms with van der Waals surface area (Å²) < 4.78 is 11.0. The number of amides is 1. The van der Waals surface area contributed by atoms with Crippen LogP contribution >= 0.6 is 0 Å². The Bertz CT molecular complexity index is 442. The number of benzene rings is 1. The number of hydrogen-bond acceptors (Lipinski definition) is 4. The molecule has 0 bridgehead atoms. The van der Waals surface area contributed by atoms with Crippen LogP contribution in [0.1, 0.15) is 19.8 Å². The maximum atomic E-state index is 12.1. The minimum atomic E-state index is 0.00296. The fourth-order valence-electron chi connectivity index (χ4n) is 2.22. The second kappa shape index (κ2) is 7.14. The first kappa shape index (κ1) is 14.7. The van der Waals surface area contributed by atoms with Crippen LogP contribution in [0.4, 0.5) is 0 Å². The highest BCUT2D eigenvalue weighted by Gasteiger charge is 2.21. The fourth-order valence-corrected chi connectivity index (χ4v) is 2.22. The van der Waals surface area contributed by atoms with Crippen molar-refractivity contribution >= 4 is 5.91 Å². The van der Waals surface area contributed by atoms with Crippen molar-refractivity contribution in [3.05, 3.63) is 24.3 Å². The molecule has 0 spiro atoms. The molecule has 1 heterocycles. The Balaban J connectivity index is 1.87. The third-order valence-electron chi connectivity index (χ3n) is 3.39. The molecule has 0 saturated carbocycles. The summed E-state index contributed by atoms with van der Waals surface area (Å²) in [4.78, 5) is 13.9. The summed E-state index contributed by atoms with van der Waals surface area (Å²) in [5.41, 5.74) is 5.83. The first-order valence-corrected chi connectivity index (χ1v) is 7.08. The lowest BCUT2D eigenvalue weighted by Crippen LogP contribution is -2.44. The third-order valence-corrected chi connectivity index (χ3v) is 3.39. The van der Waals surface area contributed by atoms with Crippen LogP contribution in [0.2, 0.25) is 0 Å². The first-order chi connectivity index (χ1) is 9.70. The van der Waals surface area contributed by atoms with Crippen molar-refractivity contribution in [3.63, 3.8) is 0 Å². The number of likely N-dealkylation sites (tertiary alicyclic amines) is 1. The zero-order chi connectivity index (χ0) is 14.4. The highest BCUT2D eigenvalue weighted by molar-refractivity contribution is 5.78. The molecule has 20 heavy (non-hydrogen) atoms. The van der Waals surface area contributed by atoms with Gasteiger partial charge in [0.1, 0.15) is 0 Å². The number of para-hydroxylation sites is 2. The number of ether oxygens (including phenoxy) is 2. The molecule has 1 amide bonds. The Morgan fingerprint density at radius 2 is 1.85 bits per heavy atom. The topological polar surface area (TPSA) is 64.8 Å². The highest BCUT2D eigenvalue weighted by Crippen LogP contribution is 2.26. The van der Waals surface area contributed by atoms with Crippen LogP contribution in [0, 0.1) is 0 Å². The molecule has 0 unspecified atom stereocenters. The van der Waals surface area contributed by atoms with Crippen molar-refractivity contribution in [2.45, 2.75) is 25.8 Å². The molecule has 1 saturated heterocycles. The number of nitrogens with zero attached hydrogens (tertiary/aromatic N) is 1. The van der Waals surface area contributed by atoms with Crippen molar-refractivity contribution in [1.82, 2.24) is 4.90 Å². The third kappa shape index (κ3) is 3.87. The largest absolute Gasteiger partial charge is 0.490 e. The molecular formula is C15H22N2O3. The summed E-state index contributed by atoms with van der Waals surface area (Å²) in [7, 11) is 0. The molecule has 2 rings (SSSR count). The van der Waals surface area contributed by atoms with E-state index in [2.05, 4.69) is 0 Å². The SMILES string of the molecule is CCOc1ccccc1OCC(=O)N1CCC(N)CC1. The smallest absolute Gasteiger partial charge is 0.260 e. The van der Waals surface area contributed by atoms with E-state index in [0.29, 0.717) is 18.1 Å². The molecule has 0 aliphatic carbocycles. The molecule has 1 aliphatic rings. The lowest BCUT2D eigenvalue weighted by molar-refractivity contribution is -0.134. The standard InChI is InChI=1S/C15H22N2O3/c1-2-19-13-5-3-4-6-14(13)20-11-15(18)17-9-7-12(16)8-10-17/h3-6,12H,2,7-11,16H2,1H3. The Morgan fingerprint density at radius 3 is 2.45 bits per heavy atom. The van der Waals surface area contributed by atoms with Crippen molar-refractivity contribution < 1.29 is 14.3 Å². The Morgan fingerprint density at radius 1 is 1.25 bits per heavy atom. The Hall–Kier alpha value is -1.75. The number of rotatable bonds is 5. The predicted molar refractivity (Wildman–Crippen MR) is 76.9 cm³/mol. The lowest BCUT2D eigenvalue weighted by Gasteiger charge is -2.30. The number of carbonyl (C=O) groups is 1. The molecule has 0 radical (unpaired) electrons. The maximum Gasteiger partial charge on any atom is 0.260 e. The van der Waals surface area contributed by atoms with E-state index >= 15 is 0 Å². The van der Waals surface area contributed by atoms with E-state index in [9.17, 15) is 4.79 Å². The summed E-state index contributed by atoms with van der Waals surface area (Å²) in [6.45, 7) is 3.96. The zero-order valence-corrected chi connectivity index (χ0v) is 11.9. The molecule has 0 aromatic heterocycles. The van der Waals surface area contributed by atoms with Crippen molar-refractivity contribution in [3.8, 4) is 11.5 Å². The number of nitrogens with two attached hydrogens (primary N) is 1. The first-order valence-electron chi connectivity index (χ1n) is 7.08. The average molecular weight is 278 g/mol. The monoisotopic (exact) mass is 278 g/mol. The molecule has 1 aliphatic heterocycles. The Kier molecular flexibility index (Phi) is 5.24. The number of carbonyl (C=O) groups excluding carboxylic acids is 1. The van der Waals surface area contributed by atoms with E-state index in [4.69, 9.17) is 15.2 Å². The molecule has 2 N–H and O–H groups in total. The van der Waals surface area contributed by atoms with E-state index in [1.54, 1.807) is 0 Å². The summed E-state index contributed by atoms with van der Waals surface area (Å²) in [6.07, 6.45) is 1.72. The normalized spacial score (nSPS) is 16.0. The quantitative estimate of drug-likeness (QED) is 0.884. The minimum absolute atomic E-state index is 0.00296. The van der Waals surface area contributed by atoms with E-state index < -0.39 is 0 Å². The highest BCUT2D eigenvalue weighted by atomic mass is 16.5. The van der Waals surface area contributed by atoms with Crippen LogP contribution in [0.15, 0.2) is 24.3 Å². The molecule has 5 nitrogen and oxygen atoms in total. The number of piperidine rings is 1. The summed E-state index contributed by atoms with van der Waals surface area (Å²) in [5.74, 6) is 1.28. The lowest BCUT2D eigenvalue weighted by atomic mass is 10.1. The molecule has 1 fully saturated rings. The van der Waals surface area contributed by atoms with E-state index in [-0.39, 0.29) is 18.6 Å². The van der Waals surface area contributed by atoms with Gasteiger partial charge >= 0.3 is 0 Å². The molecule has 110 valence electrons. The van der Waals surface area contributed by atoms with Gasteiger partial charge in [0, 0.05) is 19.1 Å². The van der Waals surface area contributed by atoms with Crippen LogP contribution < -0.4 is 15.2 Å². The van der Waals surface area contributed by atoms with Crippen LogP contribution in [0.25, 0.3) is 0 Å². The second-order valence-electron chi connectivity index (χ2n) is 4.89. The van der Waals surface area contributed by atoms with Gasteiger partial charge in [-0.05, 0) is 31.9 Å². The van der Waals surface area contributed by atoms with Gasteiger partial charge in [0.2, 0.25) is 0 Å². The number of hydrogen-bond donors (Lipinski definition) is 1. The van der Waals surface area contributed by atoms with Gasteiger partial charge in [0.25, 0.3) is 5.91 Å². The average Bonchev–Trinajstić information content (AvgIpc) is 2.47. The maximum absolute atomic E-state index is 12.1. The van der Waals surface area contributed by atoms with Gasteiger partial charge < -0.3 is 20.1 Å². The molecule has 0 atom stereocenters. The van der Waals surface area contributed by atoms with Gasteiger partial charge in [-0.25, -0.2) is 0 Å². The molecular weight excluding hydrogens is 256 g/mol. The molecule has 5 heteroatoms. The van der Waals surface area contributed by atoms with E-state index in [1.807, 2.05) is 36.1 Å². The van der Waals surface area contributed by atoms with Crippen molar-refractivity contribution in [2.24, 2.45) is 5.73 Å².